The van der Waals surface area contributed by atoms with E-state index in [0.717, 1.165) is 5.56 Å². The van der Waals surface area contributed by atoms with E-state index in [0.29, 0.717) is 5.69 Å². The second kappa shape index (κ2) is 9.89. The summed E-state index contributed by atoms with van der Waals surface area (Å²) in [6.45, 7) is 5.05. The third-order valence-electron chi connectivity index (χ3n) is 5.24. The van der Waals surface area contributed by atoms with Crippen molar-refractivity contribution in [1.29, 1.82) is 0 Å². The number of rotatable bonds is 5. The van der Waals surface area contributed by atoms with Crippen LogP contribution in [0.3, 0.4) is 0 Å². The number of ether oxygens (including phenoxy) is 2. The van der Waals surface area contributed by atoms with Crippen LogP contribution in [-0.2, 0) is 27.3 Å². The number of aromatic nitrogens is 1. The van der Waals surface area contributed by atoms with Gasteiger partial charge in [0.15, 0.2) is 5.54 Å². The lowest BCUT2D eigenvalue weighted by Gasteiger charge is -2.47. The van der Waals surface area contributed by atoms with Crippen molar-refractivity contribution in [2.45, 2.75) is 44.9 Å². The normalized spacial score (nSPS) is 18.5. The lowest BCUT2D eigenvalue weighted by Crippen LogP contribution is -2.69. The van der Waals surface area contributed by atoms with E-state index < -0.39 is 29.3 Å². The molecule has 2 amide bonds. The fourth-order valence-electron chi connectivity index (χ4n) is 3.67. The first-order valence-corrected chi connectivity index (χ1v) is 10.7. The lowest BCUT2D eigenvalue weighted by molar-refractivity contribution is -0.154. The number of amides is 2. The van der Waals surface area contributed by atoms with Crippen molar-refractivity contribution in [3.8, 4) is 0 Å². The Hall–Kier alpha value is -3.62. The summed E-state index contributed by atoms with van der Waals surface area (Å²) in [6, 6.07) is 14.3. The van der Waals surface area contributed by atoms with Crippen molar-refractivity contribution >= 4 is 18.2 Å². The molecule has 0 saturated carbocycles. The number of piperazine rings is 1. The minimum atomic E-state index is -1.77. The van der Waals surface area contributed by atoms with Crippen molar-refractivity contribution in [3.63, 3.8) is 0 Å². The van der Waals surface area contributed by atoms with Gasteiger partial charge in [0, 0.05) is 31.4 Å². The summed E-state index contributed by atoms with van der Waals surface area (Å²) in [5, 5.41) is 10.3. The summed E-state index contributed by atoms with van der Waals surface area (Å²) in [5.74, 6) is -1.25. The van der Waals surface area contributed by atoms with Gasteiger partial charge in [0.25, 0.3) is 0 Å². The molecule has 1 atom stereocenters. The van der Waals surface area contributed by atoms with Crippen molar-refractivity contribution < 1.29 is 29.0 Å². The first-order valence-electron chi connectivity index (χ1n) is 10.7. The van der Waals surface area contributed by atoms with Gasteiger partial charge in [0.2, 0.25) is 0 Å². The second-order valence-corrected chi connectivity index (χ2v) is 8.93. The molecule has 1 aliphatic rings. The smallest absolute Gasteiger partial charge is 0.411 e. The molecule has 9 nitrogen and oxygen atoms in total. The molecule has 1 unspecified atom stereocenters. The molecule has 1 aromatic carbocycles. The Balaban J connectivity index is 1.88. The Morgan fingerprint density at radius 1 is 1.03 bits per heavy atom. The van der Waals surface area contributed by atoms with Crippen molar-refractivity contribution in [2.24, 2.45) is 0 Å². The highest BCUT2D eigenvalue weighted by molar-refractivity contribution is 5.86. The van der Waals surface area contributed by atoms with E-state index in [2.05, 4.69) is 4.98 Å². The van der Waals surface area contributed by atoms with E-state index in [1.54, 1.807) is 45.2 Å². The Kier molecular flexibility index (Phi) is 7.20. The predicted octanol–water partition coefficient (Wildman–Crippen LogP) is 3.34. The van der Waals surface area contributed by atoms with Gasteiger partial charge in [0.05, 0.1) is 6.54 Å². The maximum atomic E-state index is 13.1. The number of carboxylic acid groups (broad SMARTS) is 1. The third kappa shape index (κ3) is 6.00. The van der Waals surface area contributed by atoms with Crippen LogP contribution in [0, 0.1) is 0 Å². The van der Waals surface area contributed by atoms with E-state index in [9.17, 15) is 19.5 Å². The maximum absolute atomic E-state index is 13.1. The van der Waals surface area contributed by atoms with Crippen LogP contribution in [0.1, 0.15) is 32.0 Å². The monoisotopic (exact) mass is 455 g/mol. The van der Waals surface area contributed by atoms with E-state index in [-0.39, 0.29) is 32.7 Å². The molecular formula is C24H29N3O6. The average molecular weight is 456 g/mol. The van der Waals surface area contributed by atoms with E-state index in [1.807, 2.05) is 30.3 Å². The Labute approximate surface area is 192 Å². The summed E-state index contributed by atoms with van der Waals surface area (Å²) >= 11 is 0. The molecule has 3 rings (SSSR count). The van der Waals surface area contributed by atoms with Crippen LogP contribution in [0.25, 0.3) is 0 Å². The SMILES string of the molecule is CC(C)(C)OC(=O)N1CCN(C(=O)OCc2ccccc2)C(Cc2ccccn2)(C(=O)O)C1. The van der Waals surface area contributed by atoms with Gasteiger partial charge in [0.1, 0.15) is 12.2 Å². The van der Waals surface area contributed by atoms with Gasteiger partial charge in [-0.15, -0.1) is 0 Å². The van der Waals surface area contributed by atoms with Crippen LogP contribution < -0.4 is 0 Å². The van der Waals surface area contributed by atoms with Gasteiger partial charge in [-0.3, -0.25) is 9.88 Å². The average Bonchev–Trinajstić information content (AvgIpc) is 2.77. The number of benzene rings is 1. The van der Waals surface area contributed by atoms with Gasteiger partial charge in [-0.05, 0) is 38.5 Å². The number of hydrogen-bond acceptors (Lipinski definition) is 6. The molecular weight excluding hydrogens is 426 g/mol. The zero-order valence-electron chi connectivity index (χ0n) is 19.1. The summed E-state index contributed by atoms with van der Waals surface area (Å²) in [7, 11) is 0. The van der Waals surface area contributed by atoms with Gasteiger partial charge >= 0.3 is 18.2 Å². The minimum Gasteiger partial charge on any atom is -0.479 e. The van der Waals surface area contributed by atoms with Crippen molar-refractivity contribution in [1.82, 2.24) is 14.8 Å². The number of carbonyl (C=O) groups excluding carboxylic acids is 2. The largest absolute Gasteiger partial charge is 0.479 e. The molecule has 176 valence electrons. The Morgan fingerprint density at radius 3 is 2.33 bits per heavy atom. The van der Waals surface area contributed by atoms with Gasteiger partial charge in [-0.25, -0.2) is 14.4 Å². The molecule has 0 bridgehead atoms. The van der Waals surface area contributed by atoms with Crippen LogP contribution in [0.15, 0.2) is 54.7 Å². The molecule has 2 aromatic rings. The van der Waals surface area contributed by atoms with E-state index in [4.69, 9.17) is 9.47 Å². The van der Waals surface area contributed by atoms with Crippen molar-refractivity contribution in [2.75, 3.05) is 19.6 Å². The molecule has 1 fully saturated rings. The molecule has 1 N–H and O–H groups in total. The molecule has 1 aromatic heterocycles. The fourth-order valence-corrected chi connectivity index (χ4v) is 3.67. The van der Waals surface area contributed by atoms with Crippen LogP contribution in [-0.4, -0.2) is 68.8 Å². The summed E-state index contributed by atoms with van der Waals surface area (Å²) in [4.78, 5) is 45.2. The van der Waals surface area contributed by atoms with Crippen LogP contribution in [0.2, 0.25) is 0 Å². The zero-order chi connectivity index (χ0) is 24.1. The number of nitrogens with zero attached hydrogens (tertiary/aromatic N) is 3. The molecule has 0 spiro atoms. The second-order valence-electron chi connectivity index (χ2n) is 8.93. The topological polar surface area (TPSA) is 109 Å². The van der Waals surface area contributed by atoms with Crippen molar-refractivity contribution in [3.05, 3.63) is 66.0 Å². The molecule has 9 heteroatoms. The van der Waals surface area contributed by atoms with Gasteiger partial charge < -0.3 is 19.5 Å². The molecule has 2 heterocycles. The van der Waals surface area contributed by atoms with Crippen LogP contribution >= 0.6 is 0 Å². The minimum absolute atomic E-state index is 0.00520. The molecule has 0 aliphatic carbocycles. The first kappa shape index (κ1) is 24.0. The molecule has 1 saturated heterocycles. The van der Waals surface area contributed by atoms with E-state index >= 15 is 0 Å². The van der Waals surface area contributed by atoms with Gasteiger partial charge in [-0.1, -0.05) is 36.4 Å². The maximum Gasteiger partial charge on any atom is 0.411 e. The third-order valence-corrected chi connectivity index (χ3v) is 5.24. The number of hydrogen-bond donors (Lipinski definition) is 1. The summed E-state index contributed by atoms with van der Waals surface area (Å²) in [5.41, 5.74) is -1.25. The predicted molar refractivity (Wildman–Crippen MR) is 119 cm³/mol. The fraction of sp³-hybridized carbons (Fsp3) is 0.417. The van der Waals surface area contributed by atoms with Gasteiger partial charge in [-0.2, -0.15) is 0 Å². The number of carbonyl (C=O) groups is 3. The summed E-state index contributed by atoms with van der Waals surface area (Å²) < 4.78 is 10.9. The van der Waals surface area contributed by atoms with Crippen LogP contribution in [0.5, 0.6) is 0 Å². The molecule has 0 radical (unpaired) electrons. The highest BCUT2D eigenvalue weighted by Gasteiger charge is 2.53. The number of carboxylic acids is 1. The standard InChI is InChI=1S/C24H29N3O6/c1-23(2,3)33-21(30)26-13-14-27(22(31)32-16-18-9-5-4-6-10-18)24(17-26,20(28)29)15-19-11-7-8-12-25-19/h4-12H,13-17H2,1-3H3,(H,28,29). The quantitative estimate of drug-likeness (QED) is 0.736. The molecule has 1 aliphatic heterocycles. The molecule has 33 heavy (non-hydrogen) atoms. The first-order chi connectivity index (χ1) is 15.6. The highest BCUT2D eigenvalue weighted by Crippen LogP contribution is 2.29. The Morgan fingerprint density at radius 2 is 1.73 bits per heavy atom. The van der Waals surface area contributed by atoms with Crippen LogP contribution in [0.4, 0.5) is 9.59 Å². The number of aliphatic carboxylic acids is 1. The Bertz CT molecular complexity index is 977. The lowest BCUT2D eigenvalue weighted by atomic mass is 9.88. The number of pyridine rings is 1. The highest BCUT2D eigenvalue weighted by atomic mass is 16.6. The zero-order valence-corrected chi connectivity index (χ0v) is 19.1. The summed E-state index contributed by atoms with van der Waals surface area (Å²) in [6.07, 6.45) is 0.0628. The van der Waals surface area contributed by atoms with E-state index in [1.165, 1.54) is 9.80 Å².